The molecule has 13 heteroatoms. The third-order valence-corrected chi connectivity index (χ3v) is 4.85. The molecule has 0 radical (unpaired) electrons. The van der Waals surface area contributed by atoms with Crippen LogP contribution >= 0.6 is 11.6 Å². The predicted octanol–water partition coefficient (Wildman–Crippen LogP) is 5.71. The van der Waals surface area contributed by atoms with Gasteiger partial charge in [0.1, 0.15) is 11.4 Å². The van der Waals surface area contributed by atoms with Crippen molar-refractivity contribution in [2.75, 3.05) is 5.01 Å². The predicted molar refractivity (Wildman–Crippen MR) is 131 cm³/mol. The van der Waals surface area contributed by atoms with Crippen molar-refractivity contribution in [2.45, 2.75) is 59.0 Å². The van der Waals surface area contributed by atoms with Crippen molar-refractivity contribution in [3.8, 4) is 11.6 Å². The van der Waals surface area contributed by atoms with Crippen molar-refractivity contribution in [3.05, 3.63) is 59.2 Å². The Morgan fingerprint density at radius 2 is 1.92 bits per heavy atom. The van der Waals surface area contributed by atoms with E-state index in [1.165, 1.54) is 29.5 Å². The number of amides is 1. The van der Waals surface area contributed by atoms with E-state index in [4.69, 9.17) is 25.8 Å². The fourth-order valence-corrected chi connectivity index (χ4v) is 3.19. The van der Waals surface area contributed by atoms with E-state index < -0.39 is 29.3 Å². The Kier molecular flexibility index (Phi) is 9.11. The Morgan fingerprint density at radius 3 is 2.57 bits per heavy atom. The molecule has 0 unspecified atom stereocenters. The molecule has 37 heavy (non-hydrogen) atoms. The summed E-state index contributed by atoms with van der Waals surface area (Å²) in [6.07, 6.45) is 4.22. The fraction of sp³-hybridized carbons (Fsp3) is 0.375. The molecule has 1 amide bonds. The Labute approximate surface area is 218 Å². The van der Waals surface area contributed by atoms with E-state index in [-0.39, 0.29) is 34.6 Å². The van der Waals surface area contributed by atoms with Crippen LogP contribution in [0.5, 0.6) is 11.6 Å². The first-order chi connectivity index (χ1) is 17.4. The van der Waals surface area contributed by atoms with Crippen LogP contribution < -0.4 is 20.7 Å². The molecule has 1 aliphatic rings. The number of anilines is 1. The van der Waals surface area contributed by atoms with Crippen molar-refractivity contribution < 1.29 is 32.6 Å². The van der Waals surface area contributed by atoms with E-state index in [0.29, 0.717) is 6.42 Å². The molecule has 10 nitrogen and oxygen atoms in total. The van der Waals surface area contributed by atoms with Gasteiger partial charge in [0.15, 0.2) is 11.6 Å². The number of benzene rings is 1. The minimum atomic E-state index is -0.837. The monoisotopic (exact) mass is 539 g/mol. The standard InChI is InChI=1S/C24H28ClF2N5O5/c1-5-6-7-8-21(33)36-20-14-31(30-32(20)29-23(34)37-24(2,3)4)19-10-9-16(12-17(19)26)35-22-18(27)11-15(25)13-28-22/h9-14,30H,5-8H2,1-4H3,(H,29,34). The van der Waals surface area contributed by atoms with E-state index in [2.05, 4.69) is 15.9 Å². The lowest BCUT2D eigenvalue weighted by atomic mass is 10.2. The Hall–Kier alpha value is -3.64. The number of hydrogen-bond acceptors (Lipinski definition) is 9. The molecular formula is C24H28ClF2N5O5. The smallest absolute Gasteiger partial charge is 0.428 e. The van der Waals surface area contributed by atoms with Gasteiger partial charge in [0, 0.05) is 18.7 Å². The lowest BCUT2D eigenvalue weighted by molar-refractivity contribution is -0.143. The number of aromatic nitrogens is 1. The summed E-state index contributed by atoms with van der Waals surface area (Å²) in [5.74, 6) is -2.62. The molecule has 0 saturated heterocycles. The summed E-state index contributed by atoms with van der Waals surface area (Å²) < 4.78 is 44.9. The van der Waals surface area contributed by atoms with Gasteiger partial charge in [-0.25, -0.2) is 24.0 Å². The summed E-state index contributed by atoms with van der Waals surface area (Å²) in [5.41, 5.74) is 4.28. The highest BCUT2D eigenvalue weighted by molar-refractivity contribution is 6.30. The average Bonchev–Trinajstić information content (AvgIpc) is 3.16. The zero-order valence-corrected chi connectivity index (χ0v) is 21.6. The molecule has 1 aromatic heterocycles. The first kappa shape index (κ1) is 27.9. The van der Waals surface area contributed by atoms with Crippen LogP contribution in [0, 0.1) is 11.6 Å². The molecule has 2 aromatic rings. The highest BCUT2D eigenvalue weighted by atomic mass is 35.5. The molecule has 3 rings (SSSR count). The van der Waals surface area contributed by atoms with Gasteiger partial charge in [0.25, 0.3) is 11.8 Å². The minimum absolute atomic E-state index is 0.0232. The number of hydrogen-bond donors (Lipinski definition) is 2. The third kappa shape index (κ3) is 8.19. The molecule has 0 bridgehead atoms. The number of pyridine rings is 1. The zero-order chi connectivity index (χ0) is 27.2. The van der Waals surface area contributed by atoms with Crippen LogP contribution in [0.25, 0.3) is 0 Å². The summed E-state index contributed by atoms with van der Waals surface area (Å²) in [7, 11) is 0. The Bertz CT molecular complexity index is 1170. The van der Waals surface area contributed by atoms with Gasteiger partial charge in [-0.2, -0.15) is 5.12 Å². The molecule has 2 N–H and O–H groups in total. The van der Waals surface area contributed by atoms with E-state index in [0.717, 1.165) is 30.1 Å². The summed E-state index contributed by atoms with van der Waals surface area (Å²) in [5, 5.41) is 2.25. The molecule has 2 heterocycles. The molecule has 1 aromatic carbocycles. The number of esters is 1. The van der Waals surface area contributed by atoms with Crippen LogP contribution in [-0.2, 0) is 14.3 Å². The number of nitrogens with one attached hydrogen (secondary N) is 2. The lowest BCUT2D eigenvalue weighted by Crippen LogP contribution is -2.52. The molecule has 0 atom stereocenters. The first-order valence-electron chi connectivity index (χ1n) is 11.5. The second-order valence-electron chi connectivity index (χ2n) is 8.97. The molecule has 0 fully saturated rings. The molecule has 1 aliphatic heterocycles. The van der Waals surface area contributed by atoms with Crippen LogP contribution in [0.15, 0.2) is 42.5 Å². The second kappa shape index (κ2) is 12.1. The quantitative estimate of drug-likeness (QED) is 0.306. The fourth-order valence-electron chi connectivity index (χ4n) is 3.04. The van der Waals surface area contributed by atoms with Gasteiger partial charge in [0.2, 0.25) is 0 Å². The normalized spacial score (nSPS) is 13.3. The maximum atomic E-state index is 15.0. The number of nitrogens with zero attached hydrogens (tertiary/aromatic N) is 3. The van der Waals surface area contributed by atoms with Crippen LogP contribution in [0.3, 0.4) is 0 Å². The van der Waals surface area contributed by atoms with Crippen LogP contribution in [0.2, 0.25) is 5.02 Å². The first-order valence-corrected chi connectivity index (χ1v) is 11.9. The van der Waals surface area contributed by atoms with Gasteiger partial charge < -0.3 is 14.2 Å². The number of carbonyl (C=O) groups is 2. The second-order valence-corrected chi connectivity index (χ2v) is 9.41. The third-order valence-electron chi connectivity index (χ3n) is 4.64. The van der Waals surface area contributed by atoms with Gasteiger partial charge in [-0.15, -0.1) is 5.53 Å². The van der Waals surface area contributed by atoms with E-state index in [1.54, 1.807) is 20.8 Å². The Balaban J connectivity index is 1.77. The van der Waals surface area contributed by atoms with Crippen molar-refractivity contribution in [1.29, 1.82) is 0 Å². The van der Waals surface area contributed by atoms with Gasteiger partial charge >= 0.3 is 12.1 Å². The molecule has 0 aliphatic carbocycles. The van der Waals surface area contributed by atoms with Gasteiger partial charge in [-0.3, -0.25) is 9.80 Å². The number of carbonyl (C=O) groups excluding carboxylic acids is 2. The van der Waals surface area contributed by atoms with Crippen molar-refractivity contribution >= 4 is 29.4 Å². The summed E-state index contributed by atoms with van der Waals surface area (Å²) in [6.45, 7) is 7.06. The molecule has 0 saturated carbocycles. The van der Waals surface area contributed by atoms with Crippen LogP contribution in [0.1, 0.15) is 53.4 Å². The van der Waals surface area contributed by atoms with Crippen molar-refractivity contribution in [1.82, 2.24) is 21.1 Å². The number of rotatable bonds is 9. The summed E-state index contributed by atoms with van der Waals surface area (Å²) in [6, 6.07) is 4.75. The number of hydrazine groups is 3. The largest absolute Gasteiger partial charge is 0.443 e. The number of unbranched alkanes of at least 4 members (excludes halogenated alkanes) is 2. The highest BCUT2D eigenvalue weighted by Crippen LogP contribution is 2.30. The van der Waals surface area contributed by atoms with E-state index in [1.807, 2.05) is 6.92 Å². The highest BCUT2D eigenvalue weighted by Gasteiger charge is 2.30. The number of ether oxygens (including phenoxy) is 3. The average molecular weight is 540 g/mol. The van der Waals surface area contributed by atoms with Crippen molar-refractivity contribution in [2.24, 2.45) is 0 Å². The minimum Gasteiger partial charge on any atom is -0.443 e. The van der Waals surface area contributed by atoms with Gasteiger partial charge in [-0.1, -0.05) is 31.4 Å². The SMILES string of the molecule is CCCCCC(=O)OC1=CN(c2ccc(Oc3ncc(Cl)cc3F)cc2F)NN1NC(=O)OC(C)(C)C. The van der Waals surface area contributed by atoms with Gasteiger partial charge in [-0.05, 0) is 45.4 Å². The maximum Gasteiger partial charge on any atom is 0.428 e. The van der Waals surface area contributed by atoms with Gasteiger partial charge in [0.05, 0.1) is 16.9 Å². The lowest BCUT2D eigenvalue weighted by Gasteiger charge is -2.26. The molecular weight excluding hydrogens is 512 g/mol. The number of halogens is 3. The Morgan fingerprint density at radius 1 is 1.16 bits per heavy atom. The summed E-state index contributed by atoms with van der Waals surface area (Å²) >= 11 is 5.68. The molecule has 0 spiro atoms. The van der Waals surface area contributed by atoms with E-state index >= 15 is 4.39 Å². The van der Waals surface area contributed by atoms with Crippen molar-refractivity contribution in [3.63, 3.8) is 0 Å². The van der Waals surface area contributed by atoms with Crippen LogP contribution in [-0.4, -0.2) is 27.8 Å². The van der Waals surface area contributed by atoms with Crippen LogP contribution in [0.4, 0.5) is 19.3 Å². The molecule has 200 valence electrons. The summed E-state index contributed by atoms with van der Waals surface area (Å²) in [4.78, 5) is 28.3. The topological polar surface area (TPSA) is 105 Å². The van der Waals surface area contributed by atoms with E-state index in [9.17, 15) is 14.0 Å². The zero-order valence-electron chi connectivity index (χ0n) is 20.8. The maximum absolute atomic E-state index is 15.0.